The van der Waals surface area contributed by atoms with Crippen molar-refractivity contribution in [2.75, 3.05) is 31.9 Å². The number of nitro benzene ring substituents is 1. The average Bonchev–Trinajstić information content (AvgIpc) is 2.80. The Morgan fingerprint density at radius 1 is 1.43 bits per heavy atom. The second-order valence-corrected chi connectivity index (χ2v) is 5.42. The Kier molecular flexibility index (Phi) is 3.38. The number of carbonyl (C=O) groups is 1. The molecule has 3 N–H and O–H groups in total. The first kappa shape index (κ1) is 13.6. The predicted octanol–water partition coefficient (Wildman–Crippen LogP) is 0.386. The molecule has 2 amide bonds. The highest BCUT2D eigenvalue weighted by molar-refractivity contribution is 5.77. The largest absolute Gasteiger partial charge is 0.393 e. The fourth-order valence-electron chi connectivity index (χ4n) is 2.94. The van der Waals surface area contributed by atoms with E-state index < -0.39 is 4.92 Å². The van der Waals surface area contributed by atoms with Gasteiger partial charge >= 0.3 is 6.03 Å². The minimum atomic E-state index is -0.478. The van der Waals surface area contributed by atoms with Crippen molar-refractivity contribution in [1.29, 1.82) is 0 Å². The molecule has 1 atom stereocenters. The molecule has 1 unspecified atom stereocenters. The lowest BCUT2D eigenvalue weighted by Gasteiger charge is -2.36. The molecule has 0 saturated carbocycles. The topological polar surface area (TPSA) is 105 Å². The van der Waals surface area contributed by atoms with Crippen LogP contribution in [0.5, 0.6) is 0 Å². The van der Waals surface area contributed by atoms with Crippen molar-refractivity contribution >= 4 is 17.4 Å². The lowest BCUT2D eigenvalue weighted by atomic mass is 10.1. The molecule has 8 heteroatoms. The van der Waals surface area contributed by atoms with Crippen LogP contribution in [0, 0.1) is 10.1 Å². The Balaban J connectivity index is 1.66. The number of nitrogens with two attached hydrogens (primary N) is 1. The maximum absolute atomic E-state index is 11.5. The number of carbonyl (C=O) groups excluding carboxylic acids is 1. The van der Waals surface area contributed by atoms with Gasteiger partial charge in [-0.15, -0.1) is 0 Å². The maximum atomic E-state index is 11.5. The number of piperazine rings is 1. The molecule has 2 saturated heterocycles. The fourth-order valence-corrected chi connectivity index (χ4v) is 2.94. The molecule has 2 fully saturated rings. The van der Waals surface area contributed by atoms with Crippen molar-refractivity contribution in [3.05, 3.63) is 33.9 Å². The number of urea groups is 1. The van der Waals surface area contributed by atoms with Crippen molar-refractivity contribution in [1.82, 2.24) is 15.1 Å². The number of rotatable bonds is 3. The quantitative estimate of drug-likeness (QED) is 0.476. The molecule has 1 aromatic carbocycles. The minimum absolute atomic E-state index is 0.0132. The third-order valence-corrected chi connectivity index (χ3v) is 4.01. The number of anilines is 1. The van der Waals surface area contributed by atoms with E-state index in [1.807, 2.05) is 4.90 Å². The Labute approximate surface area is 121 Å². The van der Waals surface area contributed by atoms with Crippen LogP contribution in [-0.4, -0.2) is 53.0 Å². The molecule has 1 aromatic rings. The van der Waals surface area contributed by atoms with E-state index in [2.05, 4.69) is 10.2 Å². The average molecular weight is 291 g/mol. The molecule has 2 aliphatic rings. The Morgan fingerprint density at radius 2 is 2.24 bits per heavy atom. The first-order valence-electron chi connectivity index (χ1n) is 6.84. The van der Waals surface area contributed by atoms with Gasteiger partial charge in [-0.25, -0.2) is 4.79 Å². The Hall–Kier alpha value is -2.35. The molecular weight excluding hydrogens is 274 g/mol. The highest BCUT2D eigenvalue weighted by Crippen LogP contribution is 2.23. The fraction of sp³-hybridized carbons (Fsp3) is 0.462. The van der Waals surface area contributed by atoms with Gasteiger partial charge in [-0.2, -0.15) is 0 Å². The summed E-state index contributed by atoms with van der Waals surface area (Å²) >= 11 is 0. The van der Waals surface area contributed by atoms with E-state index >= 15 is 0 Å². The summed E-state index contributed by atoms with van der Waals surface area (Å²) in [6.07, 6.45) is 0. The summed E-state index contributed by atoms with van der Waals surface area (Å²) in [7, 11) is 0. The van der Waals surface area contributed by atoms with E-state index in [4.69, 9.17) is 5.73 Å². The van der Waals surface area contributed by atoms with E-state index in [1.54, 1.807) is 12.1 Å². The summed E-state index contributed by atoms with van der Waals surface area (Å²) in [5.74, 6) is 0. The molecule has 0 radical (unpaired) electrons. The molecule has 2 heterocycles. The zero-order valence-corrected chi connectivity index (χ0v) is 11.5. The van der Waals surface area contributed by atoms with E-state index in [0.29, 0.717) is 19.6 Å². The van der Waals surface area contributed by atoms with Crippen LogP contribution in [0.25, 0.3) is 0 Å². The van der Waals surface area contributed by atoms with Crippen molar-refractivity contribution in [2.24, 2.45) is 0 Å². The van der Waals surface area contributed by atoms with Crippen molar-refractivity contribution in [2.45, 2.75) is 12.6 Å². The van der Waals surface area contributed by atoms with Gasteiger partial charge in [0, 0.05) is 38.8 Å². The minimum Gasteiger partial charge on any atom is -0.393 e. The molecule has 0 aliphatic carbocycles. The summed E-state index contributed by atoms with van der Waals surface area (Å²) in [4.78, 5) is 25.9. The van der Waals surface area contributed by atoms with Crippen LogP contribution in [0.3, 0.4) is 0 Å². The normalized spacial score (nSPS) is 22.0. The second-order valence-electron chi connectivity index (χ2n) is 5.42. The van der Waals surface area contributed by atoms with Crippen LogP contribution in [0.1, 0.15) is 5.56 Å². The van der Waals surface area contributed by atoms with Crippen molar-refractivity contribution < 1.29 is 9.72 Å². The van der Waals surface area contributed by atoms with Crippen LogP contribution < -0.4 is 11.1 Å². The summed E-state index contributed by atoms with van der Waals surface area (Å²) < 4.78 is 0. The third kappa shape index (κ3) is 2.62. The van der Waals surface area contributed by atoms with Gasteiger partial charge in [-0.3, -0.25) is 15.0 Å². The summed E-state index contributed by atoms with van der Waals surface area (Å²) in [6, 6.07) is 5.06. The summed E-state index contributed by atoms with van der Waals surface area (Å²) in [5, 5.41) is 13.6. The summed E-state index contributed by atoms with van der Waals surface area (Å²) in [6.45, 7) is 3.66. The van der Waals surface area contributed by atoms with Crippen LogP contribution in [-0.2, 0) is 6.54 Å². The smallest absolute Gasteiger partial charge is 0.317 e. The number of nitro groups is 1. The van der Waals surface area contributed by atoms with Gasteiger partial charge in [0.2, 0.25) is 0 Å². The van der Waals surface area contributed by atoms with E-state index in [-0.39, 0.29) is 23.4 Å². The maximum Gasteiger partial charge on any atom is 0.317 e. The van der Waals surface area contributed by atoms with Crippen LogP contribution in [0.2, 0.25) is 0 Å². The molecule has 0 spiro atoms. The van der Waals surface area contributed by atoms with E-state index in [0.717, 1.165) is 18.7 Å². The number of hydrogen-bond acceptors (Lipinski definition) is 5. The van der Waals surface area contributed by atoms with E-state index in [1.165, 1.54) is 6.07 Å². The molecule has 8 nitrogen and oxygen atoms in total. The van der Waals surface area contributed by atoms with Gasteiger partial charge in [0.05, 0.1) is 11.0 Å². The Bertz CT molecular complexity index is 591. The predicted molar refractivity (Wildman–Crippen MR) is 76.7 cm³/mol. The zero-order chi connectivity index (χ0) is 15.0. The number of benzene rings is 1. The van der Waals surface area contributed by atoms with Crippen LogP contribution in [0.15, 0.2) is 18.2 Å². The van der Waals surface area contributed by atoms with Crippen molar-refractivity contribution in [3.63, 3.8) is 0 Å². The highest BCUT2D eigenvalue weighted by Gasteiger charge is 2.35. The number of nitrogen functional groups attached to an aromatic ring is 1. The number of fused-ring (bicyclic) bond motifs is 1. The van der Waals surface area contributed by atoms with Gasteiger partial charge in [0.25, 0.3) is 5.69 Å². The molecule has 0 bridgehead atoms. The lowest BCUT2D eigenvalue weighted by molar-refractivity contribution is -0.383. The third-order valence-electron chi connectivity index (χ3n) is 4.01. The Morgan fingerprint density at radius 3 is 2.95 bits per heavy atom. The molecule has 3 rings (SSSR count). The monoisotopic (exact) mass is 291 g/mol. The standard InChI is InChI=1S/C13H17N5O3/c14-11-5-9(1-2-12(11)18(20)21)7-16-3-4-17-10(8-16)6-15-13(17)19/h1-2,5,10H,3-4,6-8,14H2,(H,15,19). The number of nitrogens with zero attached hydrogens (tertiary/aromatic N) is 3. The van der Waals surface area contributed by atoms with E-state index in [9.17, 15) is 14.9 Å². The second kappa shape index (κ2) is 5.21. The first-order chi connectivity index (χ1) is 10.0. The SMILES string of the molecule is Nc1cc(CN2CCN3C(=O)NCC3C2)ccc1[N+](=O)[O-]. The van der Waals surface area contributed by atoms with Gasteiger partial charge in [0.1, 0.15) is 5.69 Å². The van der Waals surface area contributed by atoms with Gasteiger partial charge in [-0.1, -0.05) is 6.07 Å². The molecular formula is C13H17N5O3. The zero-order valence-electron chi connectivity index (χ0n) is 11.5. The molecule has 112 valence electrons. The lowest BCUT2D eigenvalue weighted by Crippen LogP contribution is -2.51. The highest BCUT2D eigenvalue weighted by atomic mass is 16.6. The first-order valence-corrected chi connectivity index (χ1v) is 6.84. The summed E-state index contributed by atoms with van der Waals surface area (Å²) in [5.41, 5.74) is 6.78. The van der Waals surface area contributed by atoms with Crippen LogP contribution in [0.4, 0.5) is 16.2 Å². The van der Waals surface area contributed by atoms with Crippen molar-refractivity contribution in [3.8, 4) is 0 Å². The van der Waals surface area contributed by atoms with Gasteiger partial charge in [0.15, 0.2) is 0 Å². The van der Waals surface area contributed by atoms with Gasteiger partial charge < -0.3 is 16.0 Å². The number of hydrogen-bond donors (Lipinski definition) is 2. The number of nitrogens with one attached hydrogen (secondary N) is 1. The molecule has 0 aromatic heterocycles. The molecule has 2 aliphatic heterocycles. The van der Waals surface area contributed by atoms with Gasteiger partial charge in [-0.05, 0) is 11.6 Å². The van der Waals surface area contributed by atoms with Crippen LogP contribution >= 0.6 is 0 Å². The number of amides is 2. The molecule has 21 heavy (non-hydrogen) atoms.